The van der Waals surface area contributed by atoms with Crippen LogP contribution in [0.15, 0.2) is 42.5 Å². The van der Waals surface area contributed by atoms with Crippen LogP contribution in [0.1, 0.15) is 27.0 Å². The normalized spacial score (nSPS) is 10.0. The zero-order valence-electron chi connectivity index (χ0n) is 14.2. The molecule has 0 atom stereocenters. The number of benzene rings is 2. The summed E-state index contributed by atoms with van der Waals surface area (Å²) in [4.78, 5) is 11.4. The fourth-order valence-corrected chi connectivity index (χ4v) is 2.09. The second kappa shape index (κ2) is 9.48. The number of hydrogen-bond acceptors (Lipinski definition) is 5. The second-order valence-electron chi connectivity index (χ2n) is 5.21. The van der Waals surface area contributed by atoms with Crippen LogP contribution in [0.3, 0.4) is 0 Å². The molecule has 0 heterocycles. The van der Waals surface area contributed by atoms with Crippen LogP contribution in [0.2, 0.25) is 0 Å². The molecule has 0 unspecified atom stereocenters. The Morgan fingerprint density at radius 3 is 2.48 bits per heavy atom. The van der Waals surface area contributed by atoms with Gasteiger partial charge in [-0.1, -0.05) is 11.8 Å². The average Bonchev–Trinajstić information content (AvgIpc) is 2.64. The van der Waals surface area contributed by atoms with Gasteiger partial charge in [0.25, 0.3) is 0 Å². The number of aromatic hydroxyl groups is 1. The molecule has 0 aliphatic carbocycles. The van der Waals surface area contributed by atoms with Crippen molar-refractivity contribution in [2.75, 3.05) is 27.4 Å². The molecule has 0 saturated heterocycles. The maximum atomic E-state index is 11.4. The Morgan fingerprint density at radius 1 is 1.04 bits per heavy atom. The van der Waals surface area contributed by atoms with Crippen molar-refractivity contribution in [2.45, 2.75) is 6.61 Å². The van der Waals surface area contributed by atoms with E-state index in [0.29, 0.717) is 25.4 Å². The van der Waals surface area contributed by atoms with Gasteiger partial charge in [-0.05, 0) is 48.0 Å². The van der Waals surface area contributed by atoms with Crippen molar-refractivity contribution >= 4 is 5.97 Å². The molecule has 5 heteroatoms. The number of phenols is 1. The lowest BCUT2D eigenvalue weighted by Gasteiger charge is -2.07. The Labute approximate surface area is 147 Å². The van der Waals surface area contributed by atoms with E-state index < -0.39 is 0 Å². The van der Waals surface area contributed by atoms with E-state index >= 15 is 0 Å². The standard InChI is InChI=1S/C20H20O5/c1-23-11-12-25-14-18-13-19(21)10-9-16(18)6-3-15-4-7-17(8-5-15)20(22)24-2/h4-5,7-10,13,21H,11-12,14H2,1-2H3. The summed E-state index contributed by atoms with van der Waals surface area (Å²) in [5.74, 6) is 5.90. The van der Waals surface area contributed by atoms with Gasteiger partial charge in [0.1, 0.15) is 5.75 Å². The third-order valence-electron chi connectivity index (χ3n) is 3.43. The molecule has 2 aromatic rings. The van der Waals surface area contributed by atoms with Crippen LogP contribution in [0.5, 0.6) is 5.75 Å². The zero-order chi connectivity index (χ0) is 18.1. The Morgan fingerprint density at radius 2 is 1.80 bits per heavy atom. The van der Waals surface area contributed by atoms with Gasteiger partial charge in [-0.2, -0.15) is 0 Å². The number of esters is 1. The minimum Gasteiger partial charge on any atom is -0.508 e. The van der Waals surface area contributed by atoms with Gasteiger partial charge in [-0.3, -0.25) is 0 Å². The van der Waals surface area contributed by atoms with E-state index in [1.807, 2.05) is 0 Å². The van der Waals surface area contributed by atoms with E-state index in [2.05, 4.69) is 16.6 Å². The molecule has 0 amide bonds. The van der Waals surface area contributed by atoms with Crippen LogP contribution in [0.4, 0.5) is 0 Å². The lowest BCUT2D eigenvalue weighted by molar-refractivity contribution is 0.0600. The van der Waals surface area contributed by atoms with Gasteiger partial charge in [0.05, 0.1) is 32.5 Å². The minimum absolute atomic E-state index is 0.165. The Hall–Kier alpha value is -2.81. The van der Waals surface area contributed by atoms with E-state index in [4.69, 9.17) is 9.47 Å². The smallest absolute Gasteiger partial charge is 0.337 e. The SMILES string of the molecule is COCCOCc1cc(O)ccc1C#Cc1ccc(C(=O)OC)cc1. The zero-order valence-corrected chi connectivity index (χ0v) is 14.2. The first-order valence-corrected chi connectivity index (χ1v) is 7.73. The summed E-state index contributed by atoms with van der Waals surface area (Å²) in [5, 5.41) is 9.66. The Bertz CT molecular complexity index is 769. The van der Waals surface area contributed by atoms with Crippen LogP contribution in [-0.4, -0.2) is 38.5 Å². The number of hydrogen-bond donors (Lipinski definition) is 1. The highest BCUT2D eigenvalue weighted by Crippen LogP contribution is 2.17. The van der Waals surface area contributed by atoms with Crippen LogP contribution >= 0.6 is 0 Å². The molecule has 0 aliphatic heterocycles. The number of methoxy groups -OCH3 is 2. The van der Waals surface area contributed by atoms with Crippen molar-refractivity contribution in [1.29, 1.82) is 0 Å². The van der Waals surface area contributed by atoms with E-state index in [9.17, 15) is 9.90 Å². The number of ether oxygens (including phenoxy) is 3. The molecular formula is C20H20O5. The lowest BCUT2D eigenvalue weighted by atomic mass is 10.1. The number of phenolic OH excluding ortho intramolecular Hbond substituents is 1. The first-order chi connectivity index (χ1) is 12.1. The second-order valence-corrected chi connectivity index (χ2v) is 5.21. The number of carbonyl (C=O) groups is 1. The molecule has 2 aromatic carbocycles. The van der Waals surface area contributed by atoms with Gasteiger partial charge in [0, 0.05) is 18.2 Å². The van der Waals surface area contributed by atoms with Gasteiger partial charge in [-0.25, -0.2) is 4.79 Å². The van der Waals surface area contributed by atoms with Crippen molar-refractivity contribution in [3.8, 4) is 17.6 Å². The molecule has 0 bridgehead atoms. The Balaban J connectivity index is 2.14. The van der Waals surface area contributed by atoms with Crippen molar-refractivity contribution in [1.82, 2.24) is 0 Å². The summed E-state index contributed by atoms with van der Waals surface area (Å²) in [5.41, 5.74) is 2.82. The van der Waals surface area contributed by atoms with E-state index in [1.54, 1.807) is 49.6 Å². The topological polar surface area (TPSA) is 65.0 Å². The van der Waals surface area contributed by atoms with Crippen LogP contribution < -0.4 is 0 Å². The fraction of sp³-hybridized carbons (Fsp3) is 0.250. The maximum absolute atomic E-state index is 11.4. The summed E-state index contributed by atoms with van der Waals surface area (Å²) in [7, 11) is 2.96. The molecule has 0 fully saturated rings. The van der Waals surface area contributed by atoms with E-state index in [1.165, 1.54) is 7.11 Å². The first kappa shape index (κ1) is 18.5. The molecule has 25 heavy (non-hydrogen) atoms. The van der Waals surface area contributed by atoms with Crippen LogP contribution in [-0.2, 0) is 20.8 Å². The molecule has 130 valence electrons. The van der Waals surface area contributed by atoms with Crippen molar-refractivity contribution < 1.29 is 24.1 Å². The highest BCUT2D eigenvalue weighted by Gasteiger charge is 2.04. The fourth-order valence-electron chi connectivity index (χ4n) is 2.09. The third-order valence-corrected chi connectivity index (χ3v) is 3.43. The van der Waals surface area contributed by atoms with Gasteiger partial charge in [-0.15, -0.1) is 0 Å². The molecule has 2 rings (SSSR count). The summed E-state index contributed by atoms with van der Waals surface area (Å²) in [6.07, 6.45) is 0. The number of rotatable bonds is 6. The maximum Gasteiger partial charge on any atom is 0.337 e. The minimum atomic E-state index is -0.381. The molecular weight excluding hydrogens is 320 g/mol. The quantitative estimate of drug-likeness (QED) is 0.498. The summed E-state index contributed by atoms with van der Waals surface area (Å²) in [6, 6.07) is 11.8. The van der Waals surface area contributed by atoms with Crippen LogP contribution in [0.25, 0.3) is 0 Å². The highest BCUT2D eigenvalue weighted by molar-refractivity contribution is 5.89. The summed E-state index contributed by atoms with van der Waals surface area (Å²) in [6.45, 7) is 1.31. The van der Waals surface area contributed by atoms with Gasteiger partial charge in [0.2, 0.25) is 0 Å². The molecule has 0 aliphatic rings. The molecule has 5 nitrogen and oxygen atoms in total. The Kier molecular flexibility index (Phi) is 7.02. The van der Waals surface area contributed by atoms with Gasteiger partial charge in [0.15, 0.2) is 0 Å². The molecule has 0 saturated carbocycles. The predicted molar refractivity (Wildman–Crippen MR) is 93.4 cm³/mol. The van der Waals surface area contributed by atoms with Crippen LogP contribution in [0, 0.1) is 11.8 Å². The number of carbonyl (C=O) groups excluding carboxylic acids is 1. The van der Waals surface area contributed by atoms with Gasteiger partial charge >= 0.3 is 5.97 Å². The average molecular weight is 340 g/mol. The lowest BCUT2D eigenvalue weighted by Crippen LogP contribution is -2.03. The third kappa shape index (κ3) is 5.64. The molecule has 1 N–H and O–H groups in total. The molecule has 0 radical (unpaired) electrons. The molecule has 0 aromatic heterocycles. The van der Waals surface area contributed by atoms with E-state index in [-0.39, 0.29) is 11.7 Å². The van der Waals surface area contributed by atoms with Crippen molar-refractivity contribution in [3.05, 3.63) is 64.7 Å². The molecule has 0 spiro atoms. The summed E-state index contributed by atoms with van der Waals surface area (Å²) < 4.78 is 15.1. The van der Waals surface area contributed by atoms with E-state index in [0.717, 1.165) is 16.7 Å². The first-order valence-electron chi connectivity index (χ1n) is 7.73. The monoisotopic (exact) mass is 340 g/mol. The van der Waals surface area contributed by atoms with Gasteiger partial charge < -0.3 is 19.3 Å². The highest BCUT2D eigenvalue weighted by atomic mass is 16.5. The largest absolute Gasteiger partial charge is 0.508 e. The van der Waals surface area contributed by atoms with Crippen molar-refractivity contribution in [2.24, 2.45) is 0 Å². The predicted octanol–water partition coefficient (Wildman–Crippen LogP) is 2.74. The van der Waals surface area contributed by atoms with Crippen molar-refractivity contribution in [3.63, 3.8) is 0 Å². The summed E-state index contributed by atoms with van der Waals surface area (Å²) >= 11 is 0.